The third-order valence-corrected chi connectivity index (χ3v) is 2.51. The Labute approximate surface area is 85.3 Å². The van der Waals surface area contributed by atoms with Crippen LogP contribution in [0, 0.1) is 5.92 Å². The van der Waals surface area contributed by atoms with Gasteiger partial charge in [0.1, 0.15) is 0 Å². The highest BCUT2D eigenvalue weighted by Crippen LogP contribution is 2.38. The van der Waals surface area contributed by atoms with Crippen molar-refractivity contribution >= 4 is 0 Å². The number of aromatic amines is 1. The predicted molar refractivity (Wildman–Crippen MR) is 57.1 cm³/mol. The molecule has 0 radical (unpaired) electrons. The molecule has 0 saturated heterocycles. The zero-order valence-electron chi connectivity index (χ0n) is 9.01. The Morgan fingerprint density at radius 3 is 3.00 bits per heavy atom. The lowest BCUT2D eigenvalue weighted by molar-refractivity contribution is 0.548. The van der Waals surface area contributed by atoms with E-state index in [1.165, 1.54) is 24.2 Å². The standard InChI is InChI=1S/C11H19N3/c1-8(2)6-12-7-10-5-11(14-13-10)9-3-4-9/h5,8-9,12H,3-4,6-7H2,1-2H3,(H,13,14). The molecule has 0 bridgehead atoms. The first-order valence-electron chi connectivity index (χ1n) is 5.50. The molecule has 1 aliphatic carbocycles. The highest BCUT2D eigenvalue weighted by Gasteiger charge is 2.25. The summed E-state index contributed by atoms with van der Waals surface area (Å²) in [5.74, 6) is 1.46. The van der Waals surface area contributed by atoms with Crippen molar-refractivity contribution in [2.24, 2.45) is 5.92 Å². The van der Waals surface area contributed by atoms with Gasteiger partial charge in [-0.25, -0.2) is 0 Å². The molecule has 2 rings (SSSR count). The molecule has 1 aromatic rings. The van der Waals surface area contributed by atoms with Crippen LogP contribution in [0.4, 0.5) is 0 Å². The van der Waals surface area contributed by atoms with Crippen LogP contribution >= 0.6 is 0 Å². The van der Waals surface area contributed by atoms with Gasteiger partial charge in [-0.2, -0.15) is 5.10 Å². The van der Waals surface area contributed by atoms with Crippen molar-refractivity contribution < 1.29 is 0 Å². The Hall–Kier alpha value is -0.830. The molecule has 0 spiro atoms. The van der Waals surface area contributed by atoms with E-state index in [1.54, 1.807) is 0 Å². The lowest BCUT2D eigenvalue weighted by atomic mass is 10.2. The van der Waals surface area contributed by atoms with Crippen molar-refractivity contribution in [1.82, 2.24) is 15.5 Å². The van der Waals surface area contributed by atoms with E-state index >= 15 is 0 Å². The van der Waals surface area contributed by atoms with Crippen molar-refractivity contribution in [3.63, 3.8) is 0 Å². The number of nitrogens with one attached hydrogen (secondary N) is 2. The van der Waals surface area contributed by atoms with Crippen molar-refractivity contribution in [1.29, 1.82) is 0 Å². The van der Waals surface area contributed by atoms with Crippen LogP contribution in [0.1, 0.15) is 44.0 Å². The summed E-state index contributed by atoms with van der Waals surface area (Å²) >= 11 is 0. The van der Waals surface area contributed by atoms with Crippen LogP contribution in [0.3, 0.4) is 0 Å². The fourth-order valence-electron chi connectivity index (χ4n) is 1.55. The highest BCUT2D eigenvalue weighted by molar-refractivity contribution is 5.17. The largest absolute Gasteiger partial charge is 0.311 e. The monoisotopic (exact) mass is 193 g/mol. The lowest BCUT2D eigenvalue weighted by Crippen LogP contribution is -2.19. The van der Waals surface area contributed by atoms with E-state index in [2.05, 4.69) is 35.4 Å². The fraction of sp³-hybridized carbons (Fsp3) is 0.727. The summed E-state index contributed by atoms with van der Waals surface area (Å²) < 4.78 is 0. The van der Waals surface area contributed by atoms with Crippen molar-refractivity contribution in [2.75, 3.05) is 6.54 Å². The zero-order valence-corrected chi connectivity index (χ0v) is 9.01. The van der Waals surface area contributed by atoms with Crippen molar-refractivity contribution in [3.8, 4) is 0 Å². The van der Waals surface area contributed by atoms with Gasteiger partial charge in [0.2, 0.25) is 0 Å². The van der Waals surface area contributed by atoms with E-state index in [-0.39, 0.29) is 0 Å². The fourth-order valence-corrected chi connectivity index (χ4v) is 1.55. The molecule has 1 saturated carbocycles. The SMILES string of the molecule is CC(C)CNCc1cc(C2CC2)n[nH]1. The molecule has 3 heteroatoms. The molecule has 0 atom stereocenters. The summed E-state index contributed by atoms with van der Waals surface area (Å²) in [4.78, 5) is 0. The minimum Gasteiger partial charge on any atom is -0.311 e. The second-order valence-electron chi connectivity index (χ2n) is 4.62. The summed E-state index contributed by atoms with van der Waals surface area (Å²) in [5, 5.41) is 10.8. The smallest absolute Gasteiger partial charge is 0.0656 e. The molecule has 1 aromatic heterocycles. The molecular formula is C11H19N3. The summed E-state index contributed by atoms with van der Waals surface area (Å²) in [6, 6.07) is 2.20. The molecule has 14 heavy (non-hydrogen) atoms. The predicted octanol–water partition coefficient (Wildman–Crippen LogP) is 2.03. The quantitative estimate of drug-likeness (QED) is 0.751. The van der Waals surface area contributed by atoms with Crippen LogP contribution in [0.15, 0.2) is 6.07 Å². The maximum atomic E-state index is 4.31. The molecule has 1 aliphatic rings. The van der Waals surface area contributed by atoms with Gasteiger partial charge in [0.25, 0.3) is 0 Å². The van der Waals surface area contributed by atoms with Crippen LogP contribution in [0.5, 0.6) is 0 Å². The molecule has 2 N–H and O–H groups in total. The van der Waals surface area contributed by atoms with E-state index in [0.29, 0.717) is 5.92 Å². The number of rotatable bonds is 5. The van der Waals surface area contributed by atoms with Gasteiger partial charge in [-0.1, -0.05) is 13.8 Å². The maximum absolute atomic E-state index is 4.31. The molecule has 0 aromatic carbocycles. The first-order chi connectivity index (χ1) is 6.75. The summed E-state index contributed by atoms with van der Waals surface area (Å²) in [7, 11) is 0. The second kappa shape index (κ2) is 4.13. The minimum absolute atomic E-state index is 0.709. The van der Waals surface area contributed by atoms with Gasteiger partial charge >= 0.3 is 0 Å². The van der Waals surface area contributed by atoms with Crippen LogP contribution < -0.4 is 5.32 Å². The number of hydrogen-bond acceptors (Lipinski definition) is 2. The number of hydrogen-bond donors (Lipinski definition) is 2. The van der Waals surface area contributed by atoms with Gasteiger partial charge < -0.3 is 5.32 Å². The van der Waals surface area contributed by atoms with E-state index in [4.69, 9.17) is 0 Å². The van der Waals surface area contributed by atoms with E-state index in [9.17, 15) is 0 Å². The average Bonchev–Trinajstić information content (AvgIpc) is 2.87. The Morgan fingerprint density at radius 1 is 1.57 bits per heavy atom. The van der Waals surface area contributed by atoms with Crippen LogP contribution in [0.2, 0.25) is 0 Å². The minimum atomic E-state index is 0.709. The molecule has 0 aliphatic heterocycles. The second-order valence-corrected chi connectivity index (χ2v) is 4.62. The van der Waals surface area contributed by atoms with Crippen molar-refractivity contribution in [2.45, 2.75) is 39.2 Å². The van der Waals surface area contributed by atoms with Crippen molar-refractivity contribution in [3.05, 3.63) is 17.5 Å². The first-order valence-corrected chi connectivity index (χ1v) is 5.50. The number of aromatic nitrogens is 2. The summed E-state index contributed by atoms with van der Waals surface area (Å²) in [5.41, 5.74) is 2.47. The molecule has 0 unspecified atom stereocenters. The molecule has 1 heterocycles. The summed E-state index contributed by atoms with van der Waals surface area (Å²) in [6.07, 6.45) is 2.65. The third kappa shape index (κ3) is 2.58. The average molecular weight is 193 g/mol. The lowest BCUT2D eigenvalue weighted by Gasteiger charge is -2.04. The molecule has 78 valence electrons. The van der Waals surface area contributed by atoms with E-state index < -0.39 is 0 Å². The van der Waals surface area contributed by atoms with E-state index in [1.807, 2.05) is 0 Å². The zero-order chi connectivity index (χ0) is 9.97. The van der Waals surface area contributed by atoms with E-state index in [0.717, 1.165) is 19.0 Å². The first kappa shape index (κ1) is 9.71. The van der Waals surface area contributed by atoms with Gasteiger partial charge in [-0.05, 0) is 31.4 Å². The molecule has 1 fully saturated rings. The van der Waals surface area contributed by atoms with Crippen LogP contribution in [-0.4, -0.2) is 16.7 Å². The normalized spacial score (nSPS) is 16.5. The van der Waals surface area contributed by atoms with Gasteiger partial charge in [0.15, 0.2) is 0 Å². The van der Waals surface area contributed by atoms with Gasteiger partial charge in [-0.3, -0.25) is 5.10 Å². The van der Waals surface area contributed by atoms with Gasteiger partial charge in [0, 0.05) is 18.2 Å². The van der Waals surface area contributed by atoms with Crippen LogP contribution in [-0.2, 0) is 6.54 Å². The Balaban J connectivity index is 1.78. The topological polar surface area (TPSA) is 40.7 Å². The Kier molecular flexibility index (Phi) is 2.87. The van der Waals surface area contributed by atoms with Gasteiger partial charge in [-0.15, -0.1) is 0 Å². The molecule has 0 amide bonds. The Morgan fingerprint density at radius 2 is 2.36 bits per heavy atom. The maximum Gasteiger partial charge on any atom is 0.0656 e. The molecular weight excluding hydrogens is 174 g/mol. The number of nitrogens with zero attached hydrogens (tertiary/aromatic N) is 1. The van der Waals surface area contributed by atoms with Crippen LogP contribution in [0.25, 0.3) is 0 Å². The molecule has 3 nitrogen and oxygen atoms in total. The van der Waals surface area contributed by atoms with Gasteiger partial charge in [0.05, 0.1) is 5.69 Å². The highest BCUT2D eigenvalue weighted by atomic mass is 15.1. The number of H-pyrrole nitrogens is 1. The third-order valence-electron chi connectivity index (χ3n) is 2.51. The summed E-state index contributed by atoms with van der Waals surface area (Å²) in [6.45, 7) is 6.42. The Bertz CT molecular complexity index is 286.